The molecular weight excluding hydrogens is 442 g/mol. The van der Waals surface area contributed by atoms with E-state index in [0.717, 1.165) is 55.2 Å². The first-order chi connectivity index (χ1) is 16.9. The molecule has 4 rings (SSSR count). The fourth-order valence-electron chi connectivity index (χ4n) is 4.67. The quantitative estimate of drug-likeness (QED) is 0.463. The lowest BCUT2D eigenvalue weighted by molar-refractivity contribution is -0.137. The Labute approximate surface area is 206 Å². The lowest BCUT2D eigenvalue weighted by Gasteiger charge is -2.25. The highest BCUT2D eigenvalue weighted by atomic mass is 16.5. The second-order valence-corrected chi connectivity index (χ2v) is 9.39. The van der Waals surface area contributed by atoms with Crippen LogP contribution in [0.3, 0.4) is 0 Å². The van der Waals surface area contributed by atoms with E-state index in [1.807, 2.05) is 25.4 Å². The third-order valence-corrected chi connectivity index (χ3v) is 6.78. The van der Waals surface area contributed by atoms with Crippen molar-refractivity contribution < 1.29 is 14.6 Å². The highest BCUT2D eigenvalue weighted by Gasteiger charge is 2.23. The van der Waals surface area contributed by atoms with Gasteiger partial charge in [0, 0.05) is 50.3 Å². The van der Waals surface area contributed by atoms with Crippen LogP contribution in [0.1, 0.15) is 67.0 Å². The monoisotopic (exact) mass is 477 g/mol. The Kier molecular flexibility index (Phi) is 8.13. The van der Waals surface area contributed by atoms with Crippen LogP contribution in [0.25, 0.3) is 0 Å². The maximum Gasteiger partial charge on any atom is 0.303 e. The van der Waals surface area contributed by atoms with E-state index in [2.05, 4.69) is 52.2 Å². The van der Waals surface area contributed by atoms with Crippen molar-refractivity contribution in [1.29, 1.82) is 0 Å². The fraction of sp³-hybridized carbons (Fsp3) is 0.481. The molecule has 0 aliphatic carbocycles. The Bertz CT molecular complexity index is 1150. The molecule has 0 bridgehead atoms. The molecule has 186 valence electrons. The Morgan fingerprint density at radius 3 is 2.89 bits per heavy atom. The third kappa shape index (κ3) is 6.45. The molecule has 3 aromatic rings. The SMILES string of the molecule is CCC1CN(Cc2cc(C(CCc3cn(CC)nn3)CC(=O)O)ccc2C)Cc2cnccc2O1. The molecule has 0 spiro atoms. The summed E-state index contributed by atoms with van der Waals surface area (Å²) >= 11 is 0. The van der Waals surface area contributed by atoms with E-state index in [1.165, 1.54) is 11.1 Å². The van der Waals surface area contributed by atoms with Crippen molar-refractivity contribution >= 4 is 5.97 Å². The topological polar surface area (TPSA) is 93.4 Å². The first-order valence-corrected chi connectivity index (χ1v) is 12.5. The number of aryl methyl sites for hydroxylation is 3. The van der Waals surface area contributed by atoms with Crippen LogP contribution in [-0.2, 0) is 30.8 Å². The summed E-state index contributed by atoms with van der Waals surface area (Å²) in [5, 5.41) is 17.9. The normalized spacial score (nSPS) is 16.8. The number of carboxylic acids is 1. The number of fused-ring (bicyclic) bond motifs is 1. The van der Waals surface area contributed by atoms with Crippen molar-refractivity contribution in [3.8, 4) is 5.75 Å². The standard InChI is InChI=1S/C27H35N5O3/c1-4-25-18-31(16-23-14-28-11-10-26(23)35-25)15-22-12-20(7-6-19(22)3)21(13-27(33)34)8-9-24-17-32(5-2)30-29-24/h6-7,10-12,14,17,21,25H,4-5,8-9,13,15-16,18H2,1-3H3,(H,33,34). The zero-order valence-corrected chi connectivity index (χ0v) is 20.9. The number of rotatable bonds is 10. The molecule has 0 amide bonds. The summed E-state index contributed by atoms with van der Waals surface area (Å²) in [4.78, 5) is 18.4. The predicted molar refractivity (Wildman–Crippen MR) is 133 cm³/mol. The number of hydrogen-bond acceptors (Lipinski definition) is 6. The van der Waals surface area contributed by atoms with E-state index < -0.39 is 5.97 Å². The molecule has 0 radical (unpaired) electrons. The first kappa shape index (κ1) is 24.9. The molecule has 3 heterocycles. The molecule has 1 N–H and O–H groups in total. The van der Waals surface area contributed by atoms with Gasteiger partial charge in [-0.1, -0.05) is 30.3 Å². The van der Waals surface area contributed by atoms with Crippen molar-refractivity contribution in [3.63, 3.8) is 0 Å². The van der Waals surface area contributed by atoms with Gasteiger partial charge in [-0.25, -0.2) is 0 Å². The average Bonchev–Trinajstić information content (AvgIpc) is 3.23. The number of carboxylic acid groups (broad SMARTS) is 1. The van der Waals surface area contributed by atoms with Crippen molar-refractivity contribution in [2.75, 3.05) is 6.54 Å². The van der Waals surface area contributed by atoms with Gasteiger partial charge in [0.1, 0.15) is 11.9 Å². The van der Waals surface area contributed by atoms with Crippen molar-refractivity contribution in [3.05, 3.63) is 70.8 Å². The van der Waals surface area contributed by atoms with Crippen LogP contribution in [0.15, 0.2) is 42.9 Å². The number of aliphatic carboxylic acids is 1. The van der Waals surface area contributed by atoms with Gasteiger partial charge < -0.3 is 9.84 Å². The van der Waals surface area contributed by atoms with Crippen LogP contribution >= 0.6 is 0 Å². The summed E-state index contributed by atoms with van der Waals surface area (Å²) in [6.45, 7) is 9.45. The van der Waals surface area contributed by atoms with Gasteiger partial charge in [0.25, 0.3) is 0 Å². The van der Waals surface area contributed by atoms with E-state index in [-0.39, 0.29) is 18.4 Å². The number of pyridine rings is 1. The number of hydrogen-bond donors (Lipinski definition) is 1. The van der Waals surface area contributed by atoms with Gasteiger partial charge in [0.15, 0.2) is 0 Å². The highest BCUT2D eigenvalue weighted by molar-refractivity contribution is 5.68. The minimum absolute atomic E-state index is 0.0839. The predicted octanol–water partition coefficient (Wildman–Crippen LogP) is 4.37. The number of benzene rings is 1. The van der Waals surface area contributed by atoms with Crippen molar-refractivity contribution in [2.24, 2.45) is 0 Å². The Morgan fingerprint density at radius 1 is 1.29 bits per heavy atom. The summed E-state index contributed by atoms with van der Waals surface area (Å²) in [5.41, 5.74) is 5.49. The molecule has 2 atom stereocenters. The minimum Gasteiger partial charge on any atom is -0.489 e. The zero-order chi connectivity index (χ0) is 24.8. The van der Waals surface area contributed by atoms with E-state index in [9.17, 15) is 9.90 Å². The molecule has 2 unspecified atom stereocenters. The van der Waals surface area contributed by atoms with Gasteiger partial charge in [0.2, 0.25) is 0 Å². The van der Waals surface area contributed by atoms with Crippen LogP contribution in [0.5, 0.6) is 5.75 Å². The highest BCUT2D eigenvalue weighted by Crippen LogP contribution is 2.30. The molecule has 0 saturated carbocycles. The van der Waals surface area contributed by atoms with Crippen LogP contribution in [0, 0.1) is 6.92 Å². The van der Waals surface area contributed by atoms with E-state index in [0.29, 0.717) is 12.8 Å². The second-order valence-electron chi connectivity index (χ2n) is 9.39. The summed E-state index contributed by atoms with van der Waals surface area (Å²) in [7, 11) is 0. The lowest BCUT2D eigenvalue weighted by Crippen LogP contribution is -2.32. The van der Waals surface area contributed by atoms with E-state index >= 15 is 0 Å². The van der Waals surface area contributed by atoms with Crippen molar-refractivity contribution in [1.82, 2.24) is 24.9 Å². The number of carbonyl (C=O) groups is 1. The molecule has 1 aliphatic rings. The molecule has 8 heteroatoms. The van der Waals surface area contributed by atoms with E-state index in [1.54, 1.807) is 10.9 Å². The van der Waals surface area contributed by atoms with Crippen LogP contribution < -0.4 is 4.74 Å². The maximum absolute atomic E-state index is 11.7. The van der Waals surface area contributed by atoms with Crippen molar-refractivity contribution in [2.45, 2.75) is 78.1 Å². The lowest BCUT2D eigenvalue weighted by atomic mass is 9.88. The summed E-state index contributed by atoms with van der Waals surface area (Å²) in [5.74, 6) is 0.0506. The molecule has 35 heavy (non-hydrogen) atoms. The van der Waals surface area contributed by atoms with Crippen LogP contribution in [0.2, 0.25) is 0 Å². The van der Waals surface area contributed by atoms with E-state index in [4.69, 9.17) is 4.74 Å². The molecule has 0 saturated heterocycles. The van der Waals surface area contributed by atoms with Crippen LogP contribution in [0.4, 0.5) is 0 Å². The molecule has 8 nitrogen and oxygen atoms in total. The van der Waals surface area contributed by atoms with Gasteiger partial charge in [-0.3, -0.25) is 19.4 Å². The minimum atomic E-state index is -0.783. The molecule has 1 aromatic carbocycles. The van der Waals surface area contributed by atoms with Gasteiger partial charge in [0.05, 0.1) is 12.1 Å². The van der Waals surface area contributed by atoms with Crippen LogP contribution in [-0.4, -0.2) is 48.6 Å². The number of aromatic nitrogens is 4. The average molecular weight is 478 g/mol. The Morgan fingerprint density at radius 2 is 2.14 bits per heavy atom. The molecule has 2 aromatic heterocycles. The molecule has 0 fully saturated rings. The second kappa shape index (κ2) is 11.4. The maximum atomic E-state index is 11.7. The van der Waals surface area contributed by atoms with Gasteiger partial charge in [-0.2, -0.15) is 0 Å². The largest absolute Gasteiger partial charge is 0.489 e. The summed E-state index contributed by atoms with van der Waals surface area (Å²) in [6.07, 6.45) is 8.18. The fourth-order valence-corrected chi connectivity index (χ4v) is 4.67. The Balaban J connectivity index is 1.53. The summed E-state index contributed by atoms with van der Waals surface area (Å²) in [6, 6.07) is 8.34. The van der Waals surface area contributed by atoms with Gasteiger partial charge >= 0.3 is 5.97 Å². The number of ether oxygens (including phenoxy) is 1. The first-order valence-electron chi connectivity index (χ1n) is 12.5. The van der Waals surface area contributed by atoms with Gasteiger partial charge in [-0.05, 0) is 61.8 Å². The Hall–Kier alpha value is -3.26. The third-order valence-electron chi connectivity index (χ3n) is 6.78. The number of nitrogens with zero attached hydrogens (tertiary/aromatic N) is 5. The zero-order valence-electron chi connectivity index (χ0n) is 20.9. The smallest absolute Gasteiger partial charge is 0.303 e. The molecular formula is C27H35N5O3. The molecule has 1 aliphatic heterocycles. The van der Waals surface area contributed by atoms with Gasteiger partial charge in [-0.15, -0.1) is 5.10 Å². The summed E-state index contributed by atoms with van der Waals surface area (Å²) < 4.78 is 8.03.